The van der Waals surface area contributed by atoms with Crippen LogP contribution in [0.15, 0.2) is 30.9 Å². The molecule has 0 aromatic heterocycles. The van der Waals surface area contributed by atoms with Crippen molar-refractivity contribution in [1.29, 1.82) is 0 Å². The van der Waals surface area contributed by atoms with Gasteiger partial charge in [-0.25, -0.2) is 4.39 Å². The van der Waals surface area contributed by atoms with Gasteiger partial charge in [0.25, 0.3) is 0 Å². The van der Waals surface area contributed by atoms with Gasteiger partial charge in [-0.3, -0.25) is 0 Å². The Bertz CT molecular complexity index is 380. The van der Waals surface area contributed by atoms with Gasteiger partial charge in [0.15, 0.2) is 0 Å². The van der Waals surface area contributed by atoms with E-state index in [2.05, 4.69) is 6.58 Å². The molecule has 1 aromatic rings. The number of benzene rings is 1. The Morgan fingerprint density at radius 2 is 2.29 bits per heavy atom. The Kier molecular flexibility index (Phi) is 5.12. The average Bonchev–Trinajstić information content (AvgIpc) is 2.28. The molecule has 0 aliphatic carbocycles. The summed E-state index contributed by atoms with van der Waals surface area (Å²) < 4.78 is 13.9. The molecule has 0 amide bonds. The molecule has 4 heteroatoms. The van der Waals surface area contributed by atoms with Gasteiger partial charge in [-0.2, -0.15) is 0 Å². The number of hydrogen-bond acceptors (Lipinski definition) is 3. The molecule has 0 fully saturated rings. The minimum absolute atomic E-state index is 0.0255. The van der Waals surface area contributed by atoms with E-state index in [0.717, 1.165) is 5.56 Å². The molecular formula is C13H19FN2O. The molecule has 1 rings (SSSR count). The van der Waals surface area contributed by atoms with Crippen LogP contribution in [-0.2, 0) is 0 Å². The number of nitrogens with two attached hydrogens (primary N) is 1. The van der Waals surface area contributed by atoms with E-state index < -0.39 is 0 Å². The third kappa shape index (κ3) is 3.54. The lowest BCUT2D eigenvalue weighted by molar-refractivity contribution is 0.302. The van der Waals surface area contributed by atoms with Crippen LogP contribution < -0.4 is 10.6 Å². The van der Waals surface area contributed by atoms with Crippen LogP contribution in [0.3, 0.4) is 0 Å². The summed E-state index contributed by atoms with van der Waals surface area (Å²) in [5.74, 6) is -0.324. The number of halogens is 1. The maximum Gasteiger partial charge on any atom is 0.146 e. The Morgan fingerprint density at radius 3 is 2.76 bits per heavy atom. The van der Waals surface area contributed by atoms with Crippen molar-refractivity contribution >= 4 is 5.69 Å². The largest absolute Gasteiger partial charge is 0.395 e. The molecule has 3 N–H and O–H groups in total. The predicted molar refractivity (Wildman–Crippen MR) is 68.5 cm³/mol. The van der Waals surface area contributed by atoms with Crippen LogP contribution in [0, 0.1) is 5.82 Å². The third-order valence-corrected chi connectivity index (χ3v) is 2.56. The van der Waals surface area contributed by atoms with Crippen molar-refractivity contribution in [1.82, 2.24) is 0 Å². The molecule has 0 saturated carbocycles. The van der Waals surface area contributed by atoms with E-state index in [9.17, 15) is 4.39 Å². The molecule has 0 unspecified atom stereocenters. The average molecular weight is 238 g/mol. The number of rotatable bonds is 6. The molecule has 1 aromatic carbocycles. The molecule has 94 valence electrons. The highest BCUT2D eigenvalue weighted by Gasteiger charge is 2.11. The number of anilines is 1. The molecular weight excluding hydrogens is 219 g/mol. The Hall–Kier alpha value is -1.39. The first-order valence-corrected chi connectivity index (χ1v) is 5.62. The fourth-order valence-electron chi connectivity index (χ4n) is 1.65. The number of hydrogen-bond donors (Lipinski definition) is 2. The highest BCUT2D eigenvalue weighted by atomic mass is 19.1. The van der Waals surface area contributed by atoms with Gasteiger partial charge in [0.2, 0.25) is 0 Å². The zero-order valence-electron chi connectivity index (χ0n) is 10.1. The summed E-state index contributed by atoms with van der Waals surface area (Å²) in [5, 5.41) is 8.94. The lowest BCUT2D eigenvalue weighted by atomic mass is 10.1. The summed E-state index contributed by atoms with van der Waals surface area (Å²) in [6, 6.07) is 4.74. The molecule has 17 heavy (non-hydrogen) atoms. The molecule has 0 heterocycles. The Balaban J connectivity index is 2.99. The van der Waals surface area contributed by atoms with Crippen molar-refractivity contribution in [2.24, 2.45) is 5.73 Å². The molecule has 1 atom stereocenters. The van der Waals surface area contributed by atoms with Crippen molar-refractivity contribution in [2.75, 3.05) is 24.6 Å². The Morgan fingerprint density at radius 1 is 1.59 bits per heavy atom. The minimum atomic E-state index is -0.324. The van der Waals surface area contributed by atoms with Crippen LogP contribution in [0.4, 0.5) is 10.1 Å². The van der Waals surface area contributed by atoms with Crippen LogP contribution in [0.2, 0.25) is 0 Å². The topological polar surface area (TPSA) is 49.5 Å². The number of nitrogens with zero attached hydrogens (tertiary/aromatic N) is 1. The summed E-state index contributed by atoms with van der Waals surface area (Å²) in [6.45, 7) is 6.27. The summed E-state index contributed by atoms with van der Waals surface area (Å²) in [5.41, 5.74) is 6.91. The van der Waals surface area contributed by atoms with E-state index in [-0.39, 0.29) is 18.5 Å². The van der Waals surface area contributed by atoms with Crippen molar-refractivity contribution in [3.63, 3.8) is 0 Å². The molecule has 3 nitrogen and oxygen atoms in total. The second-order valence-electron chi connectivity index (χ2n) is 3.96. The first kappa shape index (κ1) is 13.7. The van der Waals surface area contributed by atoms with E-state index in [1.54, 1.807) is 23.1 Å². The van der Waals surface area contributed by atoms with Gasteiger partial charge in [-0.1, -0.05) is 12.1 Å². The second-order valence-corrected chi connectivity index (χ2v) is 3.96. The van der Waals surface area contributed by atoms with Crippen molar-refractivity contribution in [3.8, 4) is 0 Å². The van der Waals surface area contributed by atoms with Gasteiger partial charge < -0.3 is 15.7 Å². The van der Waals surface area contributed by atoms with Crippen LogP contribution in [0.1, 0.15) is 18.5 Å². The minimum Gasteiger partial charge on any atom is -0.395 e. The SMILES string of the molecule is C=CCN(CCO)c1ccc([C@@H](C)N)cc1F. The van der Waals surface area contributed by atoms with Gasteiger partial charge in [0.1, 0.15) is 5.82 Å². The molecule has 0 saturated heterocycles. The van der Waals surface area contributed by atoms with E-state index in [1.165, 1.54) is 6.07 Å². The lowest BCUT2D eigenvalue weighted by Crippen LogP contribution is -2.27. The zero-order valence-corrected chi connectivity index (χ0v) is 10.1. The number of aliphatic hydroxyl groups excluding tert-OH is 1. The monoisotopic (exact) mass is 238 g/mol. The molecule has 0 aliphatic rings. The molecule has 0 bridgehead atoms. The summed E-state index contributed by atoms with van der Waals surface area (Å²) in [7, 11) is 0. The van der Waals surface area contributed by atoms with Crippen molar-refractivity contribution in [3.05, 3.63) is 42.2 Å². The standard InChI is InChI=1S/C13H19FN2O/c1-3-6-16(7-8-17)13-5-4-11(10(2)15)9-12(13)14/h3-5,9-10,17H,1,6-8,15H2,2H3/t10-/m1/s1. The van der Waals surface area contributed by atoms with Crippen LogP contribution in [0.25, 0.3) is 0 Å². The first-order valence-electron chi connectivity index (χ1n) is 5.62. The van der Waals surface area contributed by atoms with E-state index >= 15 is 0 Å². The van der Waals surface area contributed by atoms with Gasteiger partial charge in [0, 0.05) is 19.1 Å². The molecule has 0 aliphatic heterocycles. The highest BCUT2D eigenvalue weighted by molar-refractivity contribution is 5.50. The third-order valence-electron chi connectivity index (χ3n) is 2.56. The first-order chi connectivity index (χ1) is 8.10. The quantitative estimate of drug-likeness (QED) is 0.743. The lowest BCUT2D eigenvalue weighted by Gasteiger charge is -2.23. The van der Waals surface area contributed by atoms with Crippen LogP contribution in [0.5, 0.6) is 0 Å². The van der Waals surface area contributed by atoms with E-state index in [1.807, 2.05) is 6.92 Å². The van der Waals surface area contributed by atoms with Crippen molar-refractivity contribution in [2.45, 2.75) is 13.0 Å². The molecule has 0 radical (unpaired) electrons. The second kappa shape index (κ2) is 6.37. The van der Waals surface area contributed by atoms with E-state index in [0.29, 0.717) is 18.8 Å². The summed E-state index contributed by atoms with van der Waals surface area (Å²) in [4.78, 5) is 1.73. The Labute approximate surface area is 101 Å². The van der Waals surface area contributed by atoms with Gasteiger partial charge in [0.05, 0.1) is 12.3 Å². The zero-order chi connectivity index (χ0) is 12.8. The van der Waals surface area contributed by atoms with Crippen molar-refractivity contribution < 1.29 is 9.50 Å². The summed E-state index contributed by atoms with van der Waals surface area (Å²) in [6.07, 6.45) is 1.68. The van der Waals surface area contributed by atoms with Gasteiger partial charge >= 0.3 is 0 Å². The van der Waals surface area contributed by atoms with Crippen LogP contribution >= 0.6 is 0 Å². The highest BCUT2D eigenvalue weighted by Crippen LogP contribution is 2.22. The maximum absolute atomic E-state index is 13.9. The fraction of sp³-hybridized carbons (Fsp3) is 0.385. The normalized spacial score (nSPS) is 12.2. The number of aliphatic hydroxyl groups is 1. The molecule has 0 spiro atoms. The van der Waals surface area contributed by atoms with E-state index in [4.69, 9.17) is 10.8 Å². The predicted octanol–water partition coefficient (Wildman–Crippen LogP) is 1.83. The summed E-state index contributed by atoms with van der Waals surface area (Å²) >= 11 is 0. The smallest absolute Gasteiger partial charge is 0.146 e. The fourth-order valence-corrected chi connectivity index (χ4v) is 1.65. The maximum atomic E-state index is 13.9. The van der Waals surface area contributed by atoms with Gasteiger partial charge in [-0.05, 0) is 24.6 Å². The van der Waals surface area contributed by atoms with Crippen LogP contribution in [-0.4, -0.2) is 24.8 Å². The van der Waals surface area contributed by atoms with Gasteiger partial charge in [-0.15, -0.1) is 6.58 Å².